The number of methoxy groups -OCH3 is 1. The van der Waals surface area contributed by atoms with Crippen molar-refractivity contribution >= 4 is 17.8 Å². The number of hydrogen-bond acceptors (Lipinski definition) is 4. The second kappa shape index (κ2) is 4.68. The minimum Gasteiger partial charge on any atom is -0.467 e. The van der Waals surface area contributed by atoms with E-state index in [0.717, 1.165) is 12.0 Å². The van der Waals surface area contributed by atoms with Gasteiger partial charge in [0.15, 0.2) is 6.04 Å². The van der Waals surface area contributed by atoms with Gasteiger partial charge in [0.25, 0.3) is 11.8 Å². The molecule has 0 saturated carbocycles. The number of esters is 1. The van der Waals surface area contributed by atoms with E-state index in [1.807, 2.05) is 0 Å². The minimum absolute atomic E-state index is 0.131. The van der Waals surface area contributed by atoms with E-state index in [-0.39, 0.29) is 23.6 Å². The maximum Gasteiger partial charge on any atom is 0.333 e. The Labute approximate surface area is 111 Å². The average Bonchev–Trinajstić information content (AvgIpc) is 2.72. The van der Waals surface area contributed by atoms with E-state index in [1.165, 1.54) is 12.1 Å². The molecule has 19 heavy (non-hydrogen) atoms. The number of ether oxygens (including phenoxy) is 1. The van der Waals surface area contributed by atoms with Gasteiger partial charge in [-0.3, -0.25) is 14.5 Å². The Morgan fingerprint density at radius 3 is 2.26 bits per heavy atom. The Bertz CT molecular complexity index is 560. The second-order valence-electron chi connectivity index (χ2n) is 4.11. The van der Waals surface area contributed by atoms with Crippen molar-refractivity contribution < 1.29 is 20.5 Å². The minimum atomic E-state index is -1.26. The fourth-order valence-corrected chi connectivity index (χ4v) is 2.01. The van der Waals surface area contributed by atoms with Crippen molar-refractivity contribution in [1.29, 1.82) is 0 Å². The summed E-state index contributed by atoms with van der Waals surface area (Å²) in [7, 11) is 1.16. The molecule has 98 valence electrons. The summed E-state index contributed by atoms with van der Waals surface area (Å²) < 4.78 is 11.9. The molecule has 0 fully saturated rings. The number of nitrogens with zero attached hydrogens (tertiary/aromatic N) is 1. The molecule has 1 aromatic rings. The first kappa shape index (κ1) is 11.6. The lowest BCUT2D eigenvalue weighted by molar-refractivity contribution is -0.143. The highest BCUT2D eigenvalue weighted by molar-refractivity contribution is 6.23. The molecule has 5 nitrogen and oxygen atoms in total. The Morgan fingerprint density at radius 2 is 1.84 bits per heavy atom. The van der Waals surface area contributed by atoms with Crippen LogP contribution in [0.5, 0.6) is 0 Å². The van der Waals surface area contributed by atoms with Gasteiger partial charge >= 0.3 is 5.97 Å². The molecule has 0 unspecified atom stereocenters. The highest BCUT2D eigenvalue weighted by Crippen LogP contribution is 2.26. The Hall–Kier alpha value is -2.43. The molecule has 1 heterocycles. The van der Waals surface area contributed by atoms with Crippen molar-refractivity contribution in [1.82, 2.24) is 4.90 Å². The predicted molar refractivity (Wildman–Crippen MR) is 67.6 cm³/mol. The monoisotopic (exact) mass is 260 g/mol. The molecule has 0 saturated heterocycles. The maximum atomic E-state index is 12.3. The number of carbonyl (C=O) groups excluding carboxylic acids is 3. The third kappa shape index (κ3) is 1.93. The van der Waals surface area contributed by atoms with E-state index < -0.39 is 23.8 Å². The molecule has 0 radical (unpaired) electrons. The molecular formula is C14H13NO4. The molecule has 2 amide bonds. The van der Waals surface area contributed by atoms with Crippen LogP contribution in [0, 0.1) is 0 Å². The fourth-order valence-electron chi connectivity index (χ4n) is 2.01. The van der Waals surface area contributed by atoms with E-state index in [9.17, 15) is 14.4 Å². The highest BCUT2D eigenvalue weighted by Gasteiger charge is 2.43. The zero-order valence-corrected chi connectivity index (χ0v) is 10.4. The van der Waals surface area contributed by atoms with Crippen LogP contribution < -0.4 is 0 Å². The summed E-state index contributed by atoms with van der Waals surface area (Å²) in [5, 5.41) is 0. The van der Waals surface area contributed by atoms with E-state index in [0.29, 0.717) is 0 Å². The summed E-state index contributed by atoms with van der Waals surface area (Å²) in [6, 6.07) is 5.06. The van der Waals surface area contributed by atoms with Gasteiger partial charge in [-0.2, -0.15) is 0 Å². The summed E-state index contributed by atoms with van der Waals surface area (Å²) in [6.45, 7) is 3.30. The first-order chi connectivity index (χ1) is 9.52. The number of hydrogen-bond donors (Lipinski definition) is 0. The summed E-state index contributed by atoms with van der Waals surface area (Å²) >= 11 is 0. The van der Waals surface area contributed by atoms with E-state index in [1.54, 1.807) is 12.1 Å². The lowest BCUT2D eigenvalue weighted by atomic mass is 10.1. The standard InChI is InChI=1S/C14H13NO4/c1-8(2)11(14(18)19-3)15-12(16)9-6-4-5-7-10(9)13(15)17/h4-7,11H,1H2,2-3H3/t11-/m0/s1/i2D. The number of imide groups is 1. The molecule has 0 bridgehead atoms. The van der Waals surface area contributed by atoms with Gasteiger partial charge in [-0.05, 0) is 24.6 Å². The molecule has 1 aliphatic rings. The summed E-state index contributed by atoms with van der Waals surface area (Å²) in [6.07, 6.45) is 0. The van der Waals surface area contributed by atoms with Crippen LogP contribution in [0.1, 0.15) is 29.0 Å². The van der Waals surface area contributed by atoms with Gasteiger partial charge < -0.3 is 4.74 Å². The number of benzene rings is 1. The molecule has 0 aliphatic carbocycles. The fraction of sp³-hybridized carbons (Fsp3) is 0.214. The largest absolute Gasteiger partial charge is 0.467 e. The molecule has 5 heteroatoms. The Kier molecular flexibility index (Phi) is 2.87. The molecule has 2 rings (SSSR count). The van der Waals surface area contributed by atoms with Crippen LogP contribution >= 0.6 is 0 Å². The van der Waals surface area contributed by atoms with Crippen LogP contribution in [0.25, 0.3) is 0 Å². The molecule has 1 atom stereocenters. The van der Waals surface area contributed by atoms with E-state index >= 15 is 0 Å². The molecule has 1 aliphatic heterocycles. The lowest BCUT2D eigenvalue weighted by Crippen LogP contribution is -2.45. The van der Waals surface area contributed by atoms with Crippen LogP contribution in [-0.2, 0) is 9.53 Å². The van der Waals surface area contributed by atoms with Gasteiger partial charge in [-0.15, -0.1) is 0 Å². The summed E-state index contributed by atoms with van der Waals surface area (Å²) in [4.78, 5) is 37.2. The predicted octanol–water partition coefficient (Wildman–Crippen LogP) is 1.40. The first-order valence-corrected chi connectivity index (χ1v) is 5.54. The third-order valence-electron chi connectivity index (χ3n) is 2.89. The summed E-state index contributed by atoms with van der Waals surface area (Å²) in [5.74, 6) is -1.93. The normalized spacial score (nSPS) is 15.8. The van der Waals surface area contributed by atoms with Crippen molar-refractivity contribution in [2.45, 2.75) is 12.9 Å². The summed E-state index contributed by atoms with van der Waals surface area (Å²) in [5.41, 5.74) is 0.611. The number of fused-ring (bicyclic) bond motifs is 1. The van der Waals surface area contributed by atoms with Crippen LogP contribution in [0.4, 0.5) is 0 Å². The maximum absolute atomic E-state index is 12.3. The second-order valence-corrected chi connectivity index (χ2v) is 4.11. The quantitative estimate of drug-likeness (QED) is 0.468. The molecule has 1 aromatic carbocycles. The number of carbonyl (C=O) groups is 3. The Balaban J connectivity index is 2.47. The van der Waals surface area contributed by atoms with Crippen molar-refractivity contribution in [2.75, 3.05) is 7.11 Å². The van der Waals surface area contributed by atoms with E-state index in [4.69, 9.17) is 1.37 Å². The van der Waals surface area contributed by atoms with Gasteiger partial charge in [0.05, 0.1) is 18.2 Å². The SMILES string of the molecule is [2H]CC(=C)[C@@H](C(=O)OC)N1C(=O)c2ccccc2C1=O. The smallest absolute Gasteiger partial charge is 0.333 e. The molecular weight excluding hydrogens is 246 g/mol. The van der Waals surface area contributed by atoms with Gasteiger partial charge in [0.2, 0.25) is 0 Å². The van der Waals surface area contributed by atoms with Crippen LogP contribution in [0.2, 0.25) is 0 Å². The van der Waals surface area contributed by atoms with E-state index in [2.05, 4.69) is 11.3 Å². The first-order valence-electron chi connectivity index (χ1n) is 6.25. The van der Waals surface area contributed by atoms with Crippen molar-refractivity contribution in [3.05, 3.63) is 47.5 Å². The molecule has 0 N–H and O–H groups in total. The van der Waals surface area contributed by atoms with Gasteiger partial charge in [0.1, 0.15) is 0 Å². The van der Waals surface area contributed by atoms with Crippen LogP contribution in [-0.4, -0.2) is 35.8 Å². The van der Waals surface area contributed by atoms with Gasteiger partial charge in [-0.1, -0.05) is 18.7 Å². The number of rotatable bonds is 3. The number of amides is 2. The van der Waals surface area contributed by atoms with Gasteiger partial charge in [-0.25, -0.2) is 4.79 Å². The highest BCUT2D eigenvalue weighted by atomic mass is 16.5. The molecule has 0 spiro atoms. The average molecular weight is 260 g/mol. The Morgan fingerprint density at radius 1 is 1.32 bits per heavy atom. The zero-order valence-electron chi connectivity index (χ0n) is 11.4. The zero-order chi connectivity index (χ0) is 14.9. The van der Waals surface area contributed by atoms with Crippen molar-refractivity contribution in [3.8, 4) is 0 Å². The van der Waals surface area contributed by atoms with Gasteiger partial charge in [0, 0.05) is 1.37 Å². The van der Waals surface area contributed by atoms with Crippen LogP contribution in [0.3, 0.4) is 0 Å². The third-order valence-corrected chi connectivity index (χ3v) is 2.89. The van der Waals surface area contributed by atoms with Crippen molar-refractivity contribution in [2.24, 2.45) is 0 Å². The van der Waals surface area contributed by atoms with Crippen molar-refractivity contribution in [3.63, 3.8) is 0 Å². The van der Waals surface area contributed by atoms with Crippen LogP contribution in [0.15, 0.2) is 36.4 Å². The lowest BCUT2D eigenvalue weighted by Gasteiger charge is -2.23. The molecule has 0 aromatic heterocycles. The topological polar surface area (TPSA) is 63.7 Å².